The van der Waals surface area contributed by atoms with Gasteiger partial charge in [0.25, 0.3) is 0 Å². The molecule has 6 heteroatoms. The number of Topliss-reactive ketones (excluding diaryl/α,β-unsaturated/α-hetero) is 1. The van der Waals surface area contributed by atoms with Crippen molar-refractivity contribution >= 4 is 29.3 Å². The lowest BCUT2D eigenvalue weighted by Crippen LogP contribution is -2.30. The maximum absolute atomic E-state index is 11.6. The zero-order valence-electron chi connectivity index (χ0n) is 11.5. The molecular weight excluding hydrogens is 276 g/mol. The van der Waals surface area contributed by atoms with Gasteiger partial charge in [0, 0.05) is 30.2 Å². The number of ketones is 1. The number of aliphatic hydroxyl groups is 1. The number of thioether (sulfide) groups is 1. The third-order valence-corrected chi connectivity index (χ3v) is 3.58. The van der Waals surface area contributed by atoms with E-state index in [0.717, 1.165) is 17.9 Å². The van der Waals surface area contributed by atoms with Gasteiger partial charge in [-0.05, 0) is 31.2 Å². The molecule has 110 valence electrons. The van der Waals surface area contributed by atoms with Crippen LogP contribution in [0.4, 0.5) is 10.5 Å². The van der Waals surface area contributed by atoms with Crippen molar-refractivity contribution in [2.75, 3.05) is 30.0 Å². The van der Waals surface area contributed by atoms with Gasteiger partial charge in [0.15, 0.2) is 5.78 Å². The Hall–Kier alpha value is -1.53. The number of benzene rings is 1. The molecular formula is C14H20N2O3S. The second-order valence-corrected chi connectivity index (χ2v) is 5.43. The summed E-state index contributed by atoms with van der Waals surface area (Å²) in [4.78, 5) is 22.9. The van der Waals surface area contributed by atoms with E-state index in [2.05, 4.69) is 10.6 Å². The molecule has 0 unspecified atom stereocenters. The van der Waals surface area contributed by atoms with Gasteiger partial charge in [0.05, 0.1) is 0 Å². The molecule has 0 aliphatic heterocycles. The Balaban J connectivity index is 2.28. The summed E-state index contributed by atoms with van der Waals surface area (Å²) >= 11 is 1.69. The Morgan fingerprint density at radius 2 is 2.10 bits per heavy atom. The number of aliphatic hydroxyl groups excluding tert-OH is 1. The molecule has 1 aromatic rings. The number of amides is 2. The van der Waals surface area contributed by atoms with Crippen molar-refractivity contribution in [2.45, 2.75) is 13.3 Å². The van der Waals surface area contributed by atoms with Crippen molar-refractivity contribution in [1.29, 1.82) is 0 Å². The van der Waals surface area contributed by atoms with E-state index in [1.54, 1.807) is 36.0 Å². The summed E-state index contributed by atoms with van der Waals surface area (Å²) in [5, 5.41) is 14.0. The van der Waals surface area contributed by atoms with E-state index in [1.807, 2.05) is 0 Å². The topological polar surface area (TPSA) is 78.4 Å². The summed E-state index contributed by atoms with van der Waals surface area (Å²) in [6, 6.07) is 6.55. The third-order valence-electron chi connectivity index (χ3n) is 2.51. The highest BCUT2D eigenvalue weighted by Gasteiger charge is 2.03. The minimum Gasteiger partial charge on any atom is -0.396 e. The molecule has 0 aromatic heterocycles. The average molecular weight is 296 g/mol. The first-order valence-electron chi connectivity index (χ1n) is 6.48. The quantitative estimate of drug-likeness (QED) is 0.507. The normalized spacial score (nSPS) is 10.1. The van der Waals surface area contributed by atoms with Crippen LogP contribution in [0, 0.1) is 0 Å². The second-order valence-electron chi connectivity index (χ2n) is 4.21. The van der Waals surface area contributed by atoms with Crippen LogP contribution in [-0.2, 0) is 0 Å². The van der Waals surface area contributed by atoms with Crippen molar-refractivity contribution in [2.24, 2.45) is 0 Å². The number of rotatable bonds is 8. The Morgan fingerprint density at radius 3 is 2.80 bits per heavy atom. The summed E-state index contributed by atoms with van der Waals surface area (Å²) in [6.45, 7) is 2.25. The lowest BCUT2D eigenvalue weighted by Gasteiger charge is -2.08. The van der Waals surface area contributed by atoms with Gasteiger partial charge in [-0.1, -0.05) is 12.1 Å². The van der Waals surface area contributed by atoms with Gasteiger partial charge in [-0.3, -0.25) is 4.79 Å². The fraction of sp³-hybridized carbons (Fsp3) is 0.429. The van der Waals surface area contributed by atoms with Crippen molar-refractivity contribution < 1.29 is 14.7 Å². The molecule has 0 fully saturated rings. The molecule has 5 nitrogen and oxygen atoms in total. The molecule has 0 aliphatic rings. The molecule has 0 spiro atoms. The van der Waals surface area contributed by atoms with Crippen LogP contribution in [-0.4, -0.2) is 41.6 Å². The lowest BCUT2D eigenvalue weighted by molar-refractivity contribution is 0.101. The van der Waals surface area contributed by atoms with Crippen molar-refractivity contribution in [1.82, 2.24) is 5.32 Å². The zero-order valence-corrected chi connectivity index (χ0v) is 12.3. The average Bonchev–Trinajstić information content (AvgIpc) is 2.43. The van der Waals surface area contributed by atoms with Crippen LogP contribution < -0.4 is 10.6 Å². The predicted molar refractivity (Wildman–Crippen MR) is 82.5 cm³/mol. The van der Waals surface area contributed by atoms with Crippen molar-refractivity contribution in [3.63, 3.8) is 0 Å². The van der Waals surface area contributed by atoms with Crippen LogP contribution in [0.2, 0.25) is 0 Å². The Bertz CT molecular complexity index is 452. The molecule has 2 amide bonds. The molecule has 0 saturated carbocycles. The minimum absolute atomic E-state index is 0.0330. The van der Waals surface area contributed by atoms with Gasteiger partial charge in [0.2, 0.25) is 0 Å². The molecule has 0 atom stereocenters. The summed E-state index contributed by atoms with van der Waals surface area (Å²) in [6.07, 6.45) is 0.773. The van der Waals surface area contributed by atoms with Crippen molar-refractivity contribution in [3.05, 3.63) is 29.8 Å². The number of anilines is 1. The monoisotopic (exact) mass is 296 g/mol. The van der Waals surface area contributed by atoms with Gasteiger partial charge in [-0.25, -0.2) is 4.79 Å². The molecule has 0 aliphatic carbocycles. The lowest BCUT2D eigenvalue weighted by atomic mass is 10.1. The number of nitrogens with one attached hydrogen (secondary N) is 2. The smallest absolute Gasteiger partial charge is 0.319 e. The maximum Gasteiger partial charge on any atom is 0.319 e. The summed E-state index contributed by atoms with van der Waals surface area (Å²) in [7, 11) is 0. The highest BCUT2D eigenvalue weighted by molar-refractivity contribution is 7.99. The largest absolute Gasteiger partial charge is 0.396 e. The predicted octanol–water partition coefficient (Wildman–Crippen LogP) is 2.13. The van der Waals surface area contributed by atoms with Crippen LogP contribution in [0.1, 0.15) is 23.7 Å². The first-order chi connectivity index (χ1) is 9.63. The summed E-state index contributed by atoms with van der Waals surface area (Å²) < 4.78 is 0. The third kappa shape index (κ3) is 6.58. The molecule has 0 saturated heterocycles. The van der Waals surface area contributed by atoms with Crippen LogP contribution in [0.5, 0.6) is 0 Å². The van der Waals surface area contributed by atoms with Crippen molar-refractivity contribution in [3.8, 4) is 0 Å². The number of carbonyl (C=O) groups excluding carboxylic acids is 2. The van der Waals surface area contributed by atoms with Gasteiger partial charge in [-0.2, -0.15) is 11.8 Å². The molecule has 20 heavy (non-hydrogen) atoms. The van der Waals surface area contributed by atoms with E-state index in [1.165, 1.54) is 6.92 Å². The van der Waals surface area contributed by atoms with E-state index >= 15 is 0 Å². The Labute approximate surface area is 123 Å². The first kappa shape index (κ1) is 16.5. The van der Waals surface area contributed by atoms with Gasteiger partial charge < -0.3 is 15.7 Å². The number of hydrogen-bond donors (Lipinski definition) is 3. The molecule has 1 rings (SSSR count). The van der Waals surface area contributed by atoms with Crippen LogP contribution in [0.3, 0.4) is 0 Å². The fourth-order valence-electron chi connectivity index (χ4n) is 1.50. The summed E-state index contributed by atoms with van der Waals surface area (Å²) in [5.74, 6) is 1.66. The van der Waals surface area contributed by atoms with E-state index in [-0.39, 0.29) is 18.4 Å². The molecule has 3 N–H and O–H groups in total. The molecule has 1 aromatic carbocycles. The van der Waals surface area contributed by atoms with E-state index in [4.69, 9.17) is 5.11 Å². The minimum atomic E-state index is -0.284. The van der Waals surface area contributed by atoms with E-state index in [9.17, 15) is 9.59 Å². The second kappa shape index (κ2) is 9.39. The maximum atomic E-state index is 11.6. The van der Waals surface area contributed by atoms with Crippen LogP contribution in [0.25, 0.3) is 0 Å². The van der Waals surface area contributed by atoms with Crippen LogP contribution in [0.15, 0.2) is 24.3 Å². The Morgan fingerprint density at radius 1 is 1.30 bits per heavy atom. The highest BCUT2D eigenvalue weighted by atomic mass is 32.2. The van der Waals surface area contributed by atoms with Gasteiger partial charge >= 0.3 is 6.03 Å². The summed E-state index contributed by atoms with van der Waals surface area (Å²) in [5.41, 5.74) is 1.17. The molecule has 0 radical (unpaired) electrons. The number of hydrogen-bond acceptors (Lipinski definition) is 4. The van der Waals surface area contributed by atoms with Gasteiger partial charge in [-0.15, -0.1) is 0 Å². The first-order valence-corrected chi connectivity index (χ1v) is 7.63. The van der Waals surface area contributed by atoms with Gasteiger partial charge in [0.1, 0.15) is 0 Å². The fourth-order valence-corrected chi connectivity index (χ4v) is 2.28. The highest BCUT2D eigenvalue weighted by Crippen LogP contribution is 2.10. The zero-order chi connectivity index (χ0) is 14.8. The van der Waals surface area contributed by atoms with Crippen LogP contribution >= 0.6 is 11.8 Å². The number of urea groups is 1. The Kier molecular flexibility index (Phi) is 7.75. The SMILES string of the molecule is CC(=O)c1cccc(NC(=O)NCCSCCCO)c1. The van der Waals surface area contributed by atoms with E-state index in [0.29, 0.717) is 17.8 Å². The molecule has 0 heterocycles. The standard InChI is InChI=1S/C14H20N2O3S/c1-11(18)12-4-2-5-13(10-12)16-14(19)15-6-9-20-8-3-7-17/h2,4-5,10,17H,3,6-9H2,1H3,(H2,15,16,19). The molecule has 0 bridgehead atoms. The number of carbonyl (C=O) groups is 2. The van der Waals surface area contributed by atoms with E-state index < -0.39 is 0 Å².